The van der Waals surface area contributed by atoms with Crippen molar-refractivity contribution in [1.29, 1.82) is 0 Å². The predicted octanol–water partition coefficient (Wildman–Crippen LogP) is 4.59. The molecule has 1 aliphatic rings. The van der Waals surface area contributed by atoms with E-state index in [9.17, 15) is 13.2 Å². The number of carbonyl (C=O) groups is 1. The number of anilines is 2. The van der Waals surface area contributed by atoms with Gasteiger partial charge in [0.15, 0.2) is 5.76 Å². The van der Waals surface area contributed by atoms with Gasteiger partial charge in [-0.2, -0.15) is 4.31 Å². The summed E-state index contributed by atoms with van der Waals surface area (Å²) >= 11 is 12.3. The van der Waals surface area contributed by atoms with Crippen molar-refractivity contribution in [3.8, 4) is 11.3 Å². The summed E-state index contributed by atoms with van der Waals surface area (Å²) in [5, 5.41) is 3.87. The average Bonchev–Trinajstić information content (AvgIpc) is 3.26. The number of halogens is 2. The number of sulfonamides is 1. The van der Waals surface area contributed by atoms with Crippen LogP contribution in [0.2, 0.25) is 10.0 Å². The maximum absolute atomic E-state index is 12.9. The molecule has 1 fully saturated rings. The highest BCUT2D eigenvalue weighted by atomic mass is 35.5. The van der Waals surface area contributed by atoms with E-state index in [0.717, 1.165) is 5.69 Å². The van der Waals surface area contributed by atoms with E-state index in [4.69, 9.17) is 27.6 Å². The van der Waals surface area contributed by atoms with Gasteiger partial charge < -0.3 is 14.6 Å². The van der Waals surface area contributed by atoms with Crippen LogP contribution in [-0.2, 0) is 10.0 Å². The van der Waals surface area contributed by atoms with Gasteiger partial charge in [0.1, 0.15) is 5.76 Å². The van der Waals surface area contributed by atoms with E-state index in [1.165, 1.54) is 10.6 Å². The van der Waals surface area contributed by atoms with E-state index in [-0.39, 0.29) is 5.76 Å². The summed E-state index contributed by atoms with van der Waals surface area (Å²) in [5.41, 5.74) is 2.03. The first kappa shape index (κ1) is 22.7. The zero-order valence-corrected chi connectivity index (χ0v) is 19.5. The Morgan fingerprint density at radius 1 is 1.00 bits per heavy atom. The second-order valence-corrected chi connectivity index (χ2v) is 10.2. The standard InChI is InChI=1S/C22H21Cl2N3O4S/c1-32(29,30)27-12-10-26(11-13-27)19-5-3-2-4-18(19)25-22(28)21-9-8-20(31-21)16-14-15(23)6-7-17(16)24/h2-9,14H,10-13H2,1H3,(H,25,28). The fraction of sp³-hybridized carbons (Fsp3) is 0.227. The first-order chi connectivity index (χ1) is 15.2. The van der Waals surface area contributed by atoms with Crippen LogP contribution in [0.4, 0.5) is 11.4 Å². The first-order valence-electron chi connectivity index (χ1n) is 9.88. The Bertz CT molecular complexity index is 1250. The van der Waals surface area contributed by atoms with Gasteiger partial charge >= 0.3 is 0 Å². The molecule has 0 unspecified atom stereocenters. The molecule has 3 aromatic rings. The minimum absolute atomic E-state index is 0.132. The smallest absolute Gasteiger partial charge is 0.291 e. The summed E-state index contributed by atoms with van der Waals surface area (Å²) in [5.74, 6) is 0.164. The largest absolute Gasteiger partial charge is 0.451 e. The molecule has 1 N–H and O–H groups in total. The van der Waals surface area contributed by atoms with E-state index in [1.807, 2.05) is 18.2 Å². The number of piperazine rings is 1. The molecular weight excluding hydrogens is 473 g/mol. The molecule has 2 heterocycles. The van der Waals surface area contributed by atoms with E-state index < -0.39 is 15.9 Å². The fourth-order valence-electron chi connectivity index (χ4n) is 3.59. The van der Waals surface area contributed by atoms with Gasteiger partial charge in [-0.15, -0.1) is 0 Å². The Hall–Kier alpha value is -2.52. The van der Waals surface area contributed by atoms with Crippen LogP contribution in [0.15, 0.2) is 59.0 Å². The Morgan fingerprint density at radius 2 is 1.72 bits per heavy atom. The zero-order chi connectivity index (χ0) is 22.9. The van der Waals surface area contributed by atoms with Gasteiger partial charge in [-0.1, -0.05) is 35.3 Å². The molecule has 10 heteroatoms. The summed E-state index contributed by atoms with van der Waals surface area (Å²) in [4.78, 5) is 14.9. The highest BCUT2D eigenvalue weighted by Gasteiger charge is 2.25. The lowest BCUT2D eigenvalue weighted by atomic mass is 10.2. The normalized spacial score (nSPS) is 15.0. The summed E-state index contributed by atoms with van der Waals surface area (Å²) in [7, 11) is -3.22. The summed E-state index contributed by atoms with van der Waals surface area (Å²) in [6, 6.07) is 15.7. The molecule has 1 amide bonds. The monoisotopic (exact) mass is 493 g/mol. The van der Waals surface area contributed by atoms with Gasteiger partial charge in [0.25, 0.3) is 5.91 Å². The van der Waals surface area contributed by atoms with Crippen LogP contribution in [0.1, 0.15) is 10.6 Å². The second kappa shape index (κ2) is 9.15. The minimum Gasteiger partial charge on any atom is -0.451 e. The summed E-state index contributed by atoms with van der Waals surface area (Å²) in [6.07, 6.45) is 1.21. The van der Waals surface area contributed by atoms with Crippen LogP contribution in [0, 0.1) is 0 Å². The minimum atomic E-state index is -3.22. The van der Waals surface area contributed by atoms with Gasteiger partial charge in [0.2, 0.25) is 10.0 Å². The molecule has 2 aromatic carbocycles. The molecule has 0 saturated carbocycles. The SMILES string of the molecule is CS(=O)(=O)N1CCN(c2ccccc2NC(=O)c2ccc(-c3cc(Cl)ccc3Cl)o2)CC1. The maximum Gasteiger partial charge on any atom is 0.291 e. The van der Waals surface area contributed by atoms with Gasteiger partial charge in [-0.25, -0.2) is 8.42 Å². The molecule has 32 heavy (non-hydrogen) atoms. The summed E-state index contributed by atoms with van der Waals surface area (Å²) < 4.78 is 30.7. The number of hydrogen-bond acceptors (Lipinski definition) is 5. The Balaban J connectivity index is 1.51. The third-order valence-electron chi connectivity index (χ3n) is 5.22. The number of rotatable bonds is 5. The summed E-state index contributed by atoms with van der Waals surface area (Å²) in [6.45, 7) is 1.84. The quantitative estimate of drug-likeness (QED) is 0.561. The van der Waals surface area contributed by atoms with Crippen molar-refractivity contribution in [3.63, 3.8) is 0 Å². The Kier molecular flexibility index (Phi) is 6.48. The molecule has 168 valence electrons. The molecule has 0 atom stereocenters. The highest BCUT2D eigenvalue weighted by Crippen LogP contribution is 2.32. The van der Waals surface area contributed by atoms with Crippen molar-refractivity contribution in [3.05, 3.63) is 70.4 Å². The van der Waals surface area contributed by atoms with Crippen LogP contribution in [0.3, 0.4) is 0 Å². The van der Waals surface area contributed by atoms with Gasteiger partial charge in [0, 0.05) is 36.8 Å². The molecule has 7 nitrogen and oxygen atoms in total. The number of para-hydroxylation sites is 2. The van der Waals surface area contributed by atoms with Crippen LogP contribution in [-0.4, -0.2) is 51.1 Å². The molecule has 0 radical (unpaired) electrons. The third-order valence-corrected chi connectivity index (χ3v) is 7.09. The van der Waals surface area contributed by atoms with Crippen molar-refractivity contribution in [1.82, 2.24) is 4.31 Å². The molecular formula is C22H21Cl2N3O4S. The number of nitrogens with zero attached hydrogens (tertiary/aromatic N) is 2. The number of carbonyl (C=O) groups excluding carboxylic acids is 1. The van der Waals surface area contributed by atoms with Crippen molar-refractivity contribution in [2.75, 3.05) is 42.7 Å². The van der Waals surface area contributed by atoms with Crippen molar-refractivity contribution < 1.29 is 17.6 Å². The van der Waals surface area contributed by atoms with Gasteiger partial charge in [-0.05, 0) is 42.5 Å². The second-order valence-electron chi connectivity index (χ2n) is 7.41. The van der Waals surface area contributed by atoms with E-state index in [2.05, 4.69) is 10.2 Å². The molecule has 4 rings (SSSR count). The zero-order valence-electron chi connectivity index (χ0n) is 17.2. The first-order valence-corrected chi connectivity index (χ1v) is 12.5. The lowest BCUT2D eigenvalue weighted by Crippen LogP contribution is -2.48. The lowest BCUT2D eigenvalue weighted by Gasteiger charge is -2.35. The predicted molar refractivity (Wildman–Crippen MR) is 127 cm³/mol. The average molecular weight is 494 g/mol. The van der Waals surface area contributed by atoms with E-state index >= 15 is 0 Å². The van der Waals surface area contributed by atoms with Crippen LogP contribution in [0.5, 0.6) is 0 Å². The van der Waals surface area contributed by atoms with Crippen LogP contribution < -0.4 is 10.2 Å². The van der Waals surface area contributed by atoms with E-state index in [0.29, 0.717) is 53.2 Å². The lowest BCUT2D eigenvalue weighted by molar-refractivity contribution is 0.0997. The number of amides is 1. The molecule has 0 aliphatic carbocycles. The Morgan fingerprint density at radius 3 is 2.44 bits per heavy atom. The highest BCUT2D eigenvalue weighted by molar-refractivity contribution is 7.88. The van der Waals surface area contributed by atoms with E-state index in [1.54, 1.807) is 36.4 Å². The molecule has 1 saturated heterocycles. The number of nitrogens with one attached hydrogen (secondary N) is 1. The van der Waals surface area contributed by atoms with Crippen LogP contribution >= 0.6 is 23.2 Å². The number of furan rings is 1. The molecule has 1 aliphatic heterocycles. The maximum atomic E-state index is 12.9. The van der Waals surface area contributed by atoms with Gasteiger partial charge in [0.05, 0.1) is 22.7 Å². The van der Waals surface area contributed by atoms with Gasteiger partial charge in [-0.3, -0.25) is 4.79 Å². The third kappa shape index (κ3) is 4.94. The molecule has 1 aromatic heterocycles. The topological polar surface area (TPSA) is 82.9 Å². The Labute approximate surface area is 196 Å². The van der Waals surface area contributed by atoms with Crippen LogP contribution in [0.25, 0.3) is 11.3 Å². The fourth-order valence-corrected chi connectivity index (χ4v) is 4.80. The molecule has 0 spiro atoms. The van der Waals surface area contributed by atoms with Crippen molar-refractivity contribution in [2.24, 2.45) is 0 Å². The number of benzene rings is 2. The molecule has 0 bridgehead atoms. The van der Waals surface area contributed by atoms with Crippen molar-refractivity contribution in [2.45, 2.75) is 0 Å². The van der Waals surface area contributed by atoms with Crippen molar-refractivity contribution >= 4 is 50.5 Å². The number of hydrogen-bond donors (Lipinski definition) is 1.